The average molecular weight is 303 g/mol. The molecule has 1 aromatic rings. The van der Waals surface area contributed by atoms with Crippen molar-refractivity contribution in [3.8, 4) is 0 Å². The van der Waals surface area contributed by atoms with E-state index in [1.165, 1.54) is 0 Å². The highest BCUT2D eigenvalue weighted by Crippen LogP contribution is 2.23. The molecule has 2 N–H and O–H groups in total. The predicted octanol–water partition coefficient (Wildman–Crippen LogP) is 1.73. The molecular formula is C13H21NO3S2. The van der Waals surface area contributed by atoms with Crippen LogP contribution in [-0.2, 0) is 9.84 Å². The second-order valence-corrected chi connectivity index (χ2v) is 8.50. The van der Waals surface area contributed by atoms with E-state index in [4.69, 9.17) is 0 Å². The summed E-state index contributed by atoms with van der Waals surface area (Å²) in [7, 11) is -2.87. The van der Waals surface area contributed by atoms with Gasteiger partial charge in [0.2, 0.25) is 0 Å². The SMILES string of the molecule is CC(CC(O)c1cccs1)NC1CCCS(=O)(=O)C1. The molecule has 0 aromatic carbocycles. The van der Waals surface area contributed by atoms with Crippen LogP contribution >= 0.6 is 11.3 Å². The summed E-state index contributed by atoms with van der Waals surface area (Å²) >= 11 is 1.55. The number of sulfone groups is 1. The summed E-state index contributed by atoms with van der Waals surface area (Å²) in [5, 5.41) is 15.3. The highest BCUT2D eigenvalue weighted by atomic mass is 32.2. The lowest BCUT2D eigenvalue weighted by molar-refractivity contribution is 0.155. The van der Waals surface area contributed by atoms with Gasteiger partial charge in [0.25, 0.3) is 0 Å². The zero-order valence-corrected chi connectivity index (χ0v) is 12.7. The minimum absolute atomic E-state index is 0.0317. The fourth-order valence-corrected chi connectivity index (χ4v) is 4.93. The van der Waals surface area contributed by atoms with E-state index in [9.17, 15) is 13.5 Å². The largest absolute Gasteiger partial charge is 0.388 e. The van der Waals surface area contributed by atoms with Crippen LogP contribution in [0.4, 0.5) is 0 Å². The molecule has 0 amide bonds. The lowest BCUT2D eigenvalue weighted by Crippen LogP contribution is -2.44. The van der Waals surface area contributed by atoms with Crippen molar-refractivity contribution in [2.75, 3.05) is 11.5 Å². The molecule has 1 aliphatic rings. The van der Waals surface area contributed by atoms with Gasteiger partial charge in [-0.25, -0.2) is 8.42 Å². The molecule has 2 rings (SSSR count). The molecule has 0 aliphatic carbocycles. The minimum atomic E-state index is -2.87. The van der Waals surface area contributed by atoms with Gasteiger partial charge in [0, 0.05) is 17.0 Å². The van der Waals surface area contributed by atoms with Gasteiger partial charge in [-0.3, -0.25) is 0 Å². The second-order valence-electron chi connectivity index (χ2n) is 5.29. The first-order valence-corrected chi connectivity index (χ1v) is 9.34. The number of nitrogens with one attached hydrogen (secondary N) is 1. The zero-order valence-electron chi connectivity index (χ0n) is 11.1. The molecule has 6 heteroatoms. The van der Waals surface area contributed by atoms with Crippen LogP contribution in [0.1, 0.15) is 37.2 Å². The molecule has 108 valence electrons. The van der Waals surface area contributed by atoms with Gasteiger partial charge >= 0.3 is 0 Å². The van der Waals surface area contributed by atoms with Crippen molar-refractivity contribution >= 4 is 21.2 Å². The molecule has 0 bridgehead atoms. The quantitative estimate of drug-likeness (QED) is 0.869. The minimum Gasteiger partial charge on any atom is -0.388 e. The van der Waals surface area contributed by atoms with Gasteiger partial charge in [-0.15, -0.1) is 11.3 Å². The molecule has 1 aliphatic heterocycles. The van der Waals surface area contributed by atoms with Gasteiger partial charge < -0.3 is 10.4 Å². The normalized spacial score (nSPS) is 25.9. The van der Waals surface area contributed by atoms with Gasteiger partial charge in [-0.1, -0.05) is 6.07 Å². The number of hydrogen-bond acceptors (Lipinski definition) is 5. The summed E-state index contributed by atoms with van der Waals surface area (Å²) < 4.78 is 23.1. The highest BCUT2D eigenvalue weighted by molar-refractivity contribution is 7.91. The topological polar surface area (TPSA) is 66.4 Å². The maximum absolute atomic E-state index is 11.6. The van der Waals surface area contributed by atoms with Crippen LogP contribution in [-0.4, -0.2) is 37.1 Å². The molecule has 1 fully saturated rings. The molecule has 3 atom stereocenters. The Hall–Kier alpha value is -0.430. The van der Waals surface area contributed by atoms with E-state index in [0.29, 0.717) is 12.2 Å². The molecular weight excluding hydrogens is 282 g/mol. The van der Waals surface area contributed by atoms with E-state index in [-0.39, 0.29) is 17.8 Å². The third kappa shape index (κ3) is 4.56. The van der Waals surface area contributed by atoms with Crippen LogP contribution < -0.4 is 5.32 Å². The Bertz CT molecular complexity index is 484. The smallest absolute Gasteiger partial charge is 0.151 e. The number of aliphatic hydroxyl groups excluding tert-OH is 1. The van der Waals surface area contributed by atoms with E-state index in [2.05, 4.69) is 5.32 Å². The molecule has 3 unspecified atom stereocenters. The van der Waals surface area contributed by atoms with E-state index >= 15 is 0 Å². The van der Waals surface area contributed by atoms with Crippen molar-refractivity contribution in [3.05, 3.63) is 22.4 Å². The van der Waals surface area contributed by atoms with E-state index in [0.717, 1.165) is 17.7 Å². The Balaban J connectivity index is 1.82. The Morgan fingerprint density at radius 2 is 2.37 bits per heavy atom. The molecule has 0 saturated carbocycles. The molecule has 1 saturated heterocycles. The standard InChI is InChI=1S/C13H21NO3S2/c1-10(8-12(15)13-5-2-6-18-13)14-11-4-3-7-19(16,17)9-11/h2,5-6,10-12,14-15H,3-4,7-9H2,1H3. The van der Waals surface area contributed by atoms with E-state index in [1.807, 2.05) is 24.4 Å². The first kappa shape index (κ1) is 15.0. The third-order valence-electron chi connectivity index (χ3n) is 3.43. The average Bonchev–Trinajstić information content (AvgIpc) is 2.80. The summed E-state index contributed by atoms with van der Waals surface area (Å²) in [6.07, 6.45) is 1.78. The molecule has 0 spiro atoms. The van der Waals surface area contributed by atoms with Gasteiger partial charge in [0.1, 0.15) is 0 Å². The summed E-state index contributed by atoms with van der Waals surface area (Å²) in [4.78, 5) is 0.963. The molecule has 2 heterocycles. The highest BCUT2D eigenvalue weighted by Gasteiger charge is 2.26. The number of thiophene rings is 1. The van der Waals surface area contributed by atoms with Crippen molar-refractivity contribution in [3.63, 3.8) is 0 Å². The zero-order chi connectivity index (χ0) is 13.9. The van der Waals surface area contributed by atoms with Crippen LogP contribution in [0.5, 0.6) is 0 Å². The number of aliphatic hydroxyl groups is 1. The van der Waals surface area contributed by atoms with Crippen molar-refractivity contribution in [1.29, 1.82) is 0 Å². The third-order valence-corrected chi connectivity index (χ3v) is 6.23. The van der Waals surface area contributed by atoms with Crippen molar-refractivity contribution in [2.45, 2.75) is 44.4 Å². The first-order chi connectivity index (χ1) is 8.96. The van der Waals surface area contributed by atoms with Gasteiger partial charge in [-0.05, 0) is 37.6 Å². The summed E-state index contributed by atoms with van der Waals surface area (Å²) in [5.74, 6) is 0.545. The first-order valence-electron chi connectivity index (χ1n) is 6.64. The number of hydrogen-bond donors (Lipinski definition) is 2. The molecule has 1 aromatic heterocycles. The second kappa shape index (κ2) is 6.35. The van der Waals surface area contributed by atoms with Crippen LogP contribution in [0.2, 0.25) is 0 Å². The summed E-state index contributed by atoms with van der Waals surface area (Å²) in [6.45, 7) is 2.00. The summed E-state index contributed by atoms with van der Waals surface area (Å²) in [5.41, 5.74) is 0. The van der Waals surface area contributed by atoms with Crippen LogP contribution in [0.25, 0.3) is 0 Å². The fraction of sp³-hybridized carbons (Fsp3) is 0.692. The van der Waals surface area contributed by atoms with Crippen LogP contribution in [0.3, 0.4) is 0 Å². The Kier molecular flexibility index (Phi) is 5.00. The van der Waals surface area contributed by atoms with Crippen molar-refractivity contribution in [1.82, 2.24) is 5.32 Å². The maximum Gasteiger partial charge on any atom is 0.151 e. The van der Waals surface area contributed by atoms with Gasteiger partial charge in [0.05, 0.1) is 17.6 Å². The van der Waals surface area contributed by atoms with Crippen LogP contribution in [0, 0.1) is 0 Å². The lowest BCUT2D eigenvalue weighted by Gasteiger charge is -2.27. The van der Waals surface area contributed by atoms with Gasteiger partial charge in [-0.2, -0.15) is 0 Å². The molecule has 19 heavy (non-hydrogen) atoms. The monoisotopic (exact) mass is 303 g/mol. The van der Waals surface area contributed by atoms with Crippen LogP contribution in [0.15, 0.2) is 17.5 Å². The number of rotatable bonds is 5. The maximum atomic E-state index is 11.6. The van der Waals surface area contributed by atoms with Crippen molar-refractivity contribution < 1.29 is 13.5 Å². The lowest BCUT2D eigenvalue weighted by atomic mass is 10.1. The van der Waals surface area contributed by atoms with E-state index < -0.39 is 15.9 Å². The fourth-order valence-electron chi connectivity index (χ4n) is 2.56. The molecule has 4 nitrogen and oxygen atoms in total. The van der Waals surface area contributed by atoms with E-state index in [1.54, 1.807) is 11.3 Å². The summed E-state index contributed by atoms with van der Waals surface area (Å²) in [6, 6.07) is 3.99. The Morgan fingerprint density at radius 3 is 3.00 bits per heavy atom. The Morgan fingerprint density at radius 1 is 1.58 bits per heavy atom. The predicted molar refractivity (Wildman–Crippen MR) is 78.2 cm³/mol. The Labute approximate surface area is 118 Å². The molecule has 0 radical (unpaired) electrons. The van der Waals surface area contributed by atoms with Crippen molar-refractivity contribution in [2.24, 2.45) is 0 Å². The van der Waals surface area contributed by atoms with Gasteiger partial charge in [0.15, 0.2) is 9.84 Å².